The fourth-order valence-corrected chi connectivity index (χ4v) is 6.79. The number of hydrogen-bond acceptors (Lipinski definition) is 4. The van der Waals surface area contributed by atoms with Gasteiger partial charge < -0.3 is 9.62 Å². The first-order valence-electron chi connectivity index (χ1n) is 14.5. The van der Waals surface area contributed by atoms with E-state index in [2.05, 4.69) is 155 Å². The molecule has 6 aromatic rings. The van der Waals surface area contributed by atoms with Gasteiger partial charge in [-0.05, 0) is 76.2 Å². The van der Waals surface area contributed by atoms with Gasteiger partial charge in [-0.15, -0.1) is 0 Å². The highest BCUT2D eigenvalue weighted by atomic mass is 15.3. The van der Waals surface area contributed by atoms with Crippen molar-refractivity contribution in [2.75, 3.05) is 9.62 Å². The molecule has 5 heteroatoms. The van der Waals surface area contributed by atoms with E-state index >= 15 is 0 Å². The Balaban J connectivity index is 1.29. The molecule has 2 aliphatic rings. The minimum Gasteiger partial charge on any atom is -0.360 e. The summed E-state index contributed by atoms with van der Waals surface area (Å²) >= 11 is 0. The Hall–Kier alpha value is -5.16. The summed E-state index contributed by atoms with van der Waals surface area (Å²) in [6.07, 6.45) is 3.61. The number of aromatic nitrogens is 2. The van der Waals surface area contributed by atoms with Gasteiger partial charge >= 0.3 is 6.98 Å². The lowest BCUT2D eigenvalue weighted by Crippen LogP contribution is -2.53. The van der Waals surface area contributed by atoms with Crippen LogP contribution in [0.15, 0.2) is 140 Å². The van der Waals surface area contributed by atoms with E-state index in [-0.39, 0.29) is 12.4 Å². The summed E-state index contributed by atoms with van der Waals surface area (Å²) in [5.74, 6) is 0.758. The largest absolute Gasteiger partial charge is 0.420 e. The number of rotatable bonds is 4. The van der Waals surface area contributed by atoms with Crippen LogP contribution in [0.3, 0.4) is 0 Å². The summed E-state index contributed by atoms with van der Waals surface area (Å²) in [4.78, 5) is 14.0. The summed E-state index contributed by atoms with van der Waals surface area (Å²) in [5.41, 5.74) is 12.1. The molecule has 0 fully saturated rings. The van der Waals surface area contributed by atoms with E-state index in [1.165, 1.54) is 50.5 Å². The van der Waals surface area contributed by atoms with Crippen molar-refractivity contribution >= 4 is 35.2 Å². The molecule has 0 unspecified atom stereocenters. The van der Waals surface area contributed by atoms with Crippen LogP contribution in [0.2, 0.25) is 0 Å². The Morgan fingerprint density at radius 1 is 0.548 bits per heavy atom. The maximum absolute atomic E-state index is 4.51. The van der Waals surface area contributed by atoms with Crippen LogP contribution >= 0.6 is 0 Å². The fraction of sp³-hybridized carbons (Fsp3) is 0.0811. The van der Waals surface area contributed by atoms with Gasteiger partial charge in [-0.2, -0.15) is 0 Å². The average molecular weight is 540 g/mol. The summed E-state index contributed by atoms with van der Waals surface area (Å²) < 4.78 is 0. The quantitative estimate of drug-likeness (QED) is 0.211. The van der Waals surface area contributed by atoms with E-state index in [1.807, 2.05) is 6.07 Å². The molecule has 2 heterocycles. The molecule has 0 N–H and O–H groups in total. The van der Waals surface area contributed by atoms with Crippen molar-refractivity contribution < 1.29 is 0 Å². The Morgan fingerprint density at radius 2 is 1.12 bits per heavy atom. The van der Waals surface area contributed by atoms with E-state index < -0.39 is 0 Å². The maximum atomic E-state index is 4.51. The standard InChI is InChI=1S/C37H29BN4/c1-37(2)32-24-26(36-39-22-11-23-40-36)18-20-30(32)31-21-19-29(25-33(31)37)42-35-17-10-9-16-34(35)41(28-14-7-4-8-15-28)38(42)27-12-5-3-6-13-27/h3-25H,1-2H3. The number of fused-ring (bicyclic) bond motifs is 4. The molecule has 0 radical (unpaired) electrons. The van der Waals surface area contributed by atoms with Crippen molar-refractivity contribution in [1.29, 1.82) is 0 Å². The van der Waals surface area contributed by atoms with Gasteiger partial charge in [-0.25, -0.2) is 9.97 Å². The van der Waals surface area contributed by atoms with Crippen molar-refractivity contribution in [3.8, 4) is 22.5 Å². The molecule has 42 heavy (non-hydrogen) atoms. The summed E-state index contributed by atoms with van der Waals surface area (Å²) in [7, 11) is 0. The zero-order valence-corrected chi connectivity index (χ0v) is 23.6. The summed E-state index contributed by atoms with van der Waals surface area (Å²) in [6, 6.07) is 45.8. The van der Waals surface area contributed by atoms with Crippen molar-refractivity contribution in [3.63, 3.8) is 0 Å². The summed E-state index contributed by atoms with van der Waals surface area (Å²) in [5, 5.41) is 0. The van der Waals surface area contributed by atoms with Gasteiger partial charge in [0.15, 0.2) is 5.82 Å². The van der Waals surface area contributed by atoms with Gasteiger partial charge in [-0.1, -0.05) is 92.7 Å². The van der Waals surface area contributed by atoms with Crippen LogP contribution in [0.5, 0.6) is 0 Å². The van der Waals surface area contributed by atoms with E-state index in [4.69, 9.17) is 0 Å². The predicted octanol–water partition coefficient (Wildman–Crippen LogP) is 8.14. The molecule has 0 atom stereocenters. The first kappa shape index (κ1) is 24.6. The molecule has 0 saturated heterocycles. The zero-order chi connectivity index (χ0) is 28.3. The van der Waals surface area contributed by atoms with Crippen LogP contribution < -0.4 is 15.1 Å². The topological polar surface area (TPSA) is 32.3 Å². The number of para-hydroxylation sites is 3. The number of nitrogens with zero attached hydrogens (tertiary/aromatic N) is 4. The molecule has 5 aromatic carbocycles. The maximum Gasteiger partial charge on any atom is 0.420 e. The molecular formula is C37H29BN4. The Kier molecular flexibility index (Phi) is 5.54. The molecule has 0 saturated carbocycles. The molecule has 0 bridgehead atoms. The molecule has 0 spiro atoms. The molecule has 200 valence electrons. The molecular weight excluding hydrogens is 511 g/mol. The molecule has 1 aliphatic heterocycles. The van der Waals surface area contributed by atoms with Crippen molar-refractivity contribution in [1.82, 2.24) is 9.97 Å². The second kappa shape index (κ2) is 9.46. The van der Waals surface area contributed by atoms with Gasteiger partial charge in [0, 0.05) is 34.7 Å². The average Bonchev–Trinajstić information content (AvgIpc) is 3.51. The molecule has 1 aromatic heterocycles. The van der Waals surface area contributed by atoms with E-state index in [0.717, 1.165) is 11.4 Å². The molecule has 8 rings (SSSR count). The Bertz CT molecular complexity index is 1920. The number of benzene rings is 5. The van der Waals surface area contributed by atoms with Crippen LogP contribution in [0.1, 0.15) is 25.0 Å². The smallest absolute Gasteiger partial charge is 0.360 e. The summed E-state index contributed by atoms with van der Waals surface area (Å²) in [6.45, 7) is 4.64. The molecule has 0 amide bonds. The first-order valence-corrected chi connectivity index (χ1v) is 14.5. The normalized spacial score (nSPS) is 14.5. The Morgan fingerprint density at radius 3 is 1.81 bits per heavy atom. The van der Waals surface area contributed by atoms with E-state index in [0.29, 0.717) is 0 Å². The second-order valence-electron chi connectivity index (χ2n) is 11.5. The molecule has 4 nitrogen and oxygen atoms in total. The third kappa shape index (κ3) is 3.70. The van der Waals surface area contributed by atoms with Crippen molar-refractivity contribution in [3.05, 3.63) is 151 Å². The lowest BCUT2D eigenvalue weighted by atomic mass is 9.64. The van der Waals surface area contributed by atoms with Crippen LogP contribution in [-0.2, 0) is 5.41 Å². The molecule has 1 aliphatic carbocycles. The van der Waals surface area contributed by atoms with Crippen LogP contribution in [0.4, 0.5) is 22.7 Å². The minimum atomic E-state index is -0.175. The van der Waals surface area contributed by atoms with Gasteiger partial charge in [0.1, 0.15) is 0 Å². The lowest BCUT2D eigenvalue weighted by molar-refractivity contribution is 0.660. The minimum absolute atomic E-state index is 0.0298. The third-order valence-corrected chi connectivity index (χ3v) is 8.78. The third-order valence-electron chi connectivity index (χ3n) is 8.78. The zero-order valence-electron chi connectivity index (χ0n) is 23.6. The van der Waals surface area contributed by atoms with E-state index in [9.17, 15) is 0 Å². The first-order chi connectivity index (χ1) is 20.6. The predicted molar refractivity (Wildman–Crippen MR) is 174 cm³/mol. The fourth-order valence-electron chi connectivity index (χ4n) is 6.79. The van der Waals surface area contributed by atoms with Crippen LogP contribution in [-0.4, -0.2) is 17.0 Å². The monoisotopic (exact) mass is 540 g/mol. The van der Waals surface area contributed by atoms with Crippen molar-refractivity contribution in [2.45, 2.75) is 19.3 Å². The van der Waals surface area contributed by atoms with Gasteiger partial charge in [-0.3, -0.25) is 0 Å². The number of hydrogen-bond donors (Lipinski definition) is 0. The van der Waals surface area contributed by atoms with Gasteiger partial charge in [0.2, 0.25) is 0 Å². The van der Waals surface area contributed by atoms with Crippen molar-refractivity contribution in [2.24, 2.45) is 0 Å². The second-order valence-corrected chi connectivity index (χ2v) is 11.5. The van der Waals surface area contributed by atoms with Gasteiger partial charge in [0.25, 0.3) is 0 Å². The highest BCUT2D eigenvalue weighted by Gasteiger charge is 2.44. The van der Waals surface area contributed by atoms with Crippen LogP contribution in [0.25, 0.3) is 22.5 Å². The highest BCUT2D eigenvalue weighted by Crippen LogP contribution is 2.52. The Labute approximate surface area is 247 Å². The SMILES string of the molecule is CC1(C)c2cc(-c3ncccn3)ccc2-c2ccc(N3B(c4ccccc4)N(c4ccccc4)c4ccccc43)cc21. The van der Waals surface area contributed by atoms with Gasteiger partial charge in [0.05, 0.1) is 11.4 Å². The lowest BCUT2D eigenvalue weighted by Gasteiger charge is -2.31. The number of anilines is 4. The van der Waals surface area contributed by atoms with E-state index in [1.54, 1.807) is 12.4 Å². The highest BCUT2D eigenvalue weighted by molar-refractivity contribution is 6.84. The van der Waals surface area contributed by atoms with Crippen LogP contribution in [0, 0.1) is 0 Å².